The molecule has 3 rings (SSSR count). The quantitative estimate of drug-likeness (QED) is 0.0937. The van der Waals surface area contributed by atoms with Crippen LogP contribution in [-0.4, -0.2) is 95.0 Å². The van der Waals surface area contributed by atoms with Gasteiger partial charge in [0.15, 0.2) is 0 Å². The molecule has 53 heavy (non-hydrogen) atoms. The van der Waals surface area contributed by atoms with E-state index >= 15 is 0 Å². The Kier molecular flexibility index (Phi) is 17.4. The van der Waals surface area contributed by atoms with Crippen molar-refractivity contribution in [3.63, 3.8) is 0 Å². The Hall–Kier alpha value is -4.33. The van der Waals surface area contributed by atoms with Crippen molar-refractivity contribution in [1.29, 1.82) is 0 Å². The molecule has 9 N–H and O–H groups in total. The van der Waals surface area contributed by atoms with Crippen LogP contribution in [0.15, 0.2) is 60.7 Å². The molecule has 292 valence electrons. The van der Waals surface area contributed by atoms with E-state index in [1.807, 2.05) is 74.5 Å². The molecule has 1 fully saturated rings. The first-order valence-electron chi connectivity index (χ1n) is 19.0. The van der Waals surface area contributed by atoms with E-state index < -0.39 is 53.4 Å². The van der Waals surface area contributed by atoms with Gasteiger partial charge in [0.25, 0.3) is 0 Å². The van der Waals surface area contributed by atoms with Gasteiger partial charge in [0.1, 0.15) is 23.7 Å². The number of amides is 4. The molecule has 0 aliphatic carbocycles. The minimum absolute atomic E-state index is 0.00903. The third kappa shape index (κ3) is 14.5. The second-order valence-electron chi connectivity index (χ2n) is 15.0. The van der Waals surface area contributed by atoms with Gasteiger partial charge in [-0.05, 0) is 81.4 Å². The highest BCUT2D eigenvalue weighted by atomic mass is 16.4. The Morgan fingerprint density at radius 3 is 1.87 bits per heavy atom. The van der Waals surface area contributed by atoms with Crippen molar-refractivity contribution in [2.45, 2.75) is 121 Å². The third-order valence-electron chi connectivity index (χ3n) is 9.65. The number of hydrogen-bond acceptors (Lipinski definition) is 8. The van der Waals surface area contributed by atoms with Gasteiger partial charge in [-0.15, -0.1) is 0 Å². The number of aliphatic carboxylic acids is 1. The van der Waals surface area contributed by atoms with Gasteiger partial charge in [-0.3, -0.25) is 24.0 Å². The van der Waals surface area contributed by atoms with Crippen LogP contribution in [0.2, 0.25) is 0 Å². The molecule has 0 bridgehead atoms. The highest BCUT2D eigenvalue weighted by molar-refractivity contribution is 5.95. The number of rotatable bonds is 21. The molecule has 1 aliphatic heterocycles. The lowest BCUT2D eigenvalue weighted by atomic mass is 9.88. The summed E-state index contributed by atoms with van der Waals surface area (Å²) in [5.41, 5.74) is 12.8. The van der Waals surface area contributed by atoms with Crippen LogP contribution in [0.5, 0.6) is 0 Å². The van der Waals surface area contributed by atoms with Crippen LogP contribution < -0.4 is 32.7 Å². The molecule has 4 amide bonds. The van der Waals surface area contributed by atoms with Crippen molar-refractivity contribution in [3.8, 4) is 0 Å². The van der Waals surface area contributed by atoms with Crippen LogP contribution in [0, 0.1) is 5.92 Å². The normalized spacial score (nSPS) is 16.3. The standard InChI is InChI=1S/C40H61N7O6/c1-27(2)25-34(37(50)45-33(17-11-12-22-43-28(3)4)38(51)47-23-20-40(42,21-24-47)39(52)53)46-36(49)32(19-18-29-13-7-5-8-14-29)44-35(48)31(41)26-30-15-9-6-10-16-30/h5-10,13-16,27-28,31-34,43H,11-12,17-26,41-42H2,1-4H3,(H,44,48)(H,45,50)(H,46,49)(H,52,53)/t31-,32-,33-,34-/m1/s1. The monoisotopic (exact) mass is 735 g/mol. The molecule has 0 aromatic heterocycles. The first-order valence-corrected chi connectivity index (χ1v) is 19.0. The summed E-state index contributed by atoms with van der Waals surface area (Å²) < 4.78 is 0. The molecule has 13 heteroatoms. The summed E-state index contributed by atoms with van der Waals surface area (Å²) in [5.74, 6) is -2.90. The van der Waals surface area contributed by atoms with E-state index in [-0.39, 0.29) is 44.2 Å². The lowest BCUT2D eigenvalue weighted by molar-refractivity contribution is -0.148. The number of carboxylic acid groups (broad SMARTS) is 1. The average Bonchev–Trinajstić information content (AvgIpc) is 3.12. The zero-order chi connectivity index (χ0) is 39.0. The molecule has 0 radical (unpaired) electrons. The number of nitrogens with zero attached hydrogens (tertiary/aromatic N) is 1. The maximum atomic E-state index is 14.0. The number of carbonyl (C=O) groups excluding carboxylic acids is 4. The predicted molar refractivity (Wildman–Crippen MR) is 205 cm³/mol. The number of piperidine rings is 1. The van der Waals surface area contributed by atoms with Gasteiger partial charge < -0.3 is 42.7 Å². The Bertz CT molecular complexity index is 1460. The number of hydrogen-bond donors (Lipinski definition) is 7. The lowest BCUT2D eigenvalue weighted by Crippen LogP contribution is -2.60. The van der Waals surface area contributed by atoms with E-state index in [9.17, 15) is 29.1 Å². The summed E-state index contributed by atoms with van der Waals surface area (Å²) in [7, 11) is 0. The molecule has 0 saturated carbocycles. The smallest absolute Gasteiger partial charge is 0.323 e. The number of unbranched alkanes of at least 4 members (excludes halogenated alkanes) is 1. The number of aryl methyl sites for hydroxylation is 1. The summed E-state index contributed by atoms with van der Waals surface area (Å²) in [4.78, 5) is 68.4. The molecule has 1 saturated heterocycles. The Balaban J connectivity index is 1.77. The van der Waals surface area contributed by atoms with E-state index in [0.717, 1.165) is 24.1 Å². The minimum atomic E-state index is -1.40. The number of carbonyl (C=O) groups is 5. The molecule has 2 aromatic rings. The SMILES string of the molecule is CC(C)C[C@@H](NC(=O)[C@@H](CCc1ccccc1)NC(=O)[C@H](N)Cc1ccccc1)C(=O)N[C@H](CCCCNC(C)C)C(=O)N1CCC(N)(C(=O)O)CC1. The molecule has 1 heterocycles. The number of likely N-dealkylation sites (tertiary alicyclic amines) is 1. The van der Waals surface area contributed by atoms with Gasteiger partial charge in [-0.25, -0.2) is 0 Å². The van der Waals surface area contributed by atoms with Gasteiger partial charge in [-0.2, -0.15) is 0 Å². The molecule has 0 spiro atoms. The molecule has 2 aromatic carbocycles. The minimum Gasteiger partial charge on any atom is -0.480 e. The fraction of sp³-hybridized carbons (Fsp3) is 0.575. The van der Waals surface area contributed by atoms with E-state index in [2.05, 4.69) is 35.1 Å². The highest BCUT2D eigenvalue weighted by Crippen LogP contribution is 2.21. The Morgan fingerprint density at radius 1 is 0.755 bits per heavy atom. The number of carboxylic acids is 1. The van der Waals surface area contributed by atoms with E-state index in [1.54, 1.807) is 4.90 Å². The summed E-state index contributed by atoms with van der Waals surface area (Å²) in [6.45, 7) is 9.04. The van der Waals surface area contributed by atoms with Crippen molar-refractivity contribution < 1.29 is 29.1 Å². The van der Waals surface area contributed by atoms with Crippen LogP contribution in [0.1, 0.15) is 83.8 Å². The summed E-state index contributed by atoms with van der Waals surface area (Å²) in [6.07, 6.45) is 3.36. The highest BCUT2D eigenvalue weighted by Gasteiger charge is 2.40. The zero-order valence-electron chi connectivity index (χ0n) is 31.8. The van der Waals surface area contributed by atoms with Crippen LogP contribution in [0.4, 0.5) is 0 Å². The van der Waals surface area contributed by atoms with Crippen molar-refractivity contribution in [3.05, 3.63) is 71.8 Å². The third-order valence-corrected chi connectivity index (χ3v) is 9.65. The van der Waals surface area contributed by atoms with Gasteiger partial charge in [0.05, 0.1) is 6.04 Å². The van der Waals surface area contributed by atoms with Crippen molar-refractivity contribution >= 4 is 29.6 Å². The summed E-state index contributed by atoms with van der Waals surface area (Å²) >= 11 is 0. The second kappa shape index (κ2) is 21.4. The van der Waals surface area contributed by atoms with Gasteiger partial charge in [0.2, 0.25) is 23.6 Å². The van der Waals surface area contributed by atoms with E-state index in [4.69, 9.17) is 11.5 Å². The van der Waals surface area contributed by atoms with E-state index in [1.165, 1.54) is 0 Å². The maximum absolute atomic E-state index is 14.0. The van der Waals surface area contributed by atoms with Crippen LogP contribution >= 0.6 is 0 Å². The average molecular weight is 736 g/mol. The fourth-order valence-electron chi connectivity index (χ4n) is 6.39. The molecule has 0 unspecified atom stereocenters. The first kappa shape index (κ1) is 43.1. The number of nitrogens with one attached hydrogen (secondary N) is 4. The number of benzene rings is 2. The van der Waals surface area contributed by atoms with Gasteiger partial charge >= 0.3 is 5.97 Å². The fourth-order valence-corrected chi connectivity index (χ4v) is 6.39. The van der Waals surface area contributed by atoms with Crippen molar-refractivity contribution in [1.82, 2.24) is 26.2 Å². The molecule has 13 nitrogen and oxygen atoms in total. The zero-order valence-corrected chi connectivity index (χ0v) is 31.8. The van der Waals surface area contributed by atoms with Crippen molar-refractivity contribution in [2.75, 3.05) is 19.6 Å². The lowest BCUT2D eigenvalue weighted by Gasteiger charge is -2.38. The van der Waals surface area contributed by atoms with Gasteiger partial charge in [-0.1, -0.05) is 88.4 Å². The maximum Gasteiger partial charge on any atom is 0.323 e. The molecular weight excluding hydrogens is 674 g/mol. The molecular formula is C40H61N7O6. The second-order valence-corrected chi connectivity index (χ2v) is 15.0. The summed E-state index contributed by atoms with van der Waals surface area (Å²) in [6, 6.07) is 15.6. The van der Waals surface area contributed by atoms with Crippen LogP contribution in [0.3, 0.4) is 0 Å². The largest absolute Gasteiger partial charge is 0.480 e. The number of nitrogens with two attached hydrogens (primary N) is 2. The Morgan fingerprint density at radius 2 is 1.30 bits per heavy atom. The molecule has 4 atom stereocenters. The molecule has 1 aliphatic rings. The van der Waals surface area contributed by atoms with Crippen molar-refractivity contribution in [2.24, 2.45) is 17.4 Å². The summed E-state index contributed by atoms with van der Waals surface area (Å²) in [5, 5.41) is 21.6. The predicted octanol–water partition coefficient (Wildman–Crippen LogP) is 2.26. The van der Waals surface area contributed by atoms with Gasteiger partial charge in [0, 0.05) is 19.1 Å². The van der Waals surface area contributed by atoms with Crippen LogP contribution in [-0.2, 0) is 36.8 Å². The Labute approximate surface area is 314 Å². The first-order chi connectivity index (χ1) is 25.2. The van der Waals surface area contributed by atoms with Crippen LogP contribution in [0.25, 0.3) is 0 Å². The van der Waals surface area contributed by atoms with E-state index in [0.29, 0.717) is 38.1 Å². The topological polar surface area (TPSA) is 209 Å².